The molecule has 6 heteroatoms. The highest BCUT2D eigenvalue weighted by Gasteiger charge is 2.42. The number of hydrogen-bond acceptors (Lipinski definition) is 4. The predicted octanol–water partition coefficient (Wildman–Crippen LogP) is 2.16. The molecule has 1 unspecified atom stereocenters. The standard InChI is InChI=1S/C19H21N2O3S/c1-15-20(2)10-11-21(15)12-13-24-18(22)19(23,17-9-6-14-25-17)16-7-4-3-5-8-16/h3-11,14,23H,12-13H2,1-2H3/q+1. The summed E-state index contributed by atoms with van der Waals surface area (Å²) in [6, 6.07) is 12.5. The van der Waals surface area contributed by atoms with E-state index in [1.165, 1.54) is 11.3 Å². The number of nitrogens with zero attached hydrogens (tertiary/aromatic N) is 2. The quantitative estimate of drug-likeness (QED) is 0.543. The predicted molar refractivity (Wildman–Crippen MR) is 95.1 cm³/mol. The molecule has 2 heterocycles. The van der Waals surface area contributed by atoms with Gasteiger partial charge in [-0.1, -0.05) is 36.4 Å². The van der Waals surface area contributed by atoms with Crippen molar-refractivity contribution in [2.45, 2.75) is 19.1 Å². The van der Waals surface area contributed by atoms with Gasteiger partial charge < -0.3 is 9.84 Å². The lowest BCUT2D eigenvalue weighted by Gasteiger charge is -2.25. The minimum atomic E-state index is -1.79. The number of ether oxygens (including phenoxy) is 1. The molecule has 0 bridgehead atoms. The van der Waals surface area contributed by atoms with Gasteiger partial charge in [-0.2, -0.15) is 0 Å². The summed E-state index contributed by atoms with van der Waals surface area (Å²) in [6.07, 6.45) is 3.88. The van der Waals surface area contributed by atoms with E-state index in [4.69, 9.17) is 4.74 Å². The van der Waals surface area contributed by atoms with Crippen molar-refractivity contribution in [2.75, 3.05) is 6.61 Å². The Balaban J connectivity index is 1.78. The van der Waals surface area contributed by atoms with Crippen molar-refractivity contribution in [2.24, 2.45) is 7.05 Å². The summed E-state index contributed by atoms with van der Waals surface area (Å²) < 4.78 is 9.44. The van der Waals surface area contributed by atoms with Crippen molar-refractivity contribution >= 4 is 17.3 Å². The van der Waals surface area contributed by atoms with Crippen LogP contribution < -0.4 is 4.57 Å². The van der Waals surface area contributed by atoms with Crippen molar-refractivity contribution < 1.29 is 19.2 Å². The van der Waals surface area contributed by atoms with Gasteiger partial charge in [0.15, 0.2) is 0 Å². The van der Waals surface area contributed by atoms with E-state index in [-0.39, 0.29) is 6.61 Å². The third-order valence-corrected chi connectivity index (χ3v) is 5.31. The Bertz CT molecular complexity index is 843. The number of thiophene rings is 1. The van der Waals surface area contributed by atoms with Crippen molar-refractivity contribution in [3.05, 3.63) is 76.5 Å². The third kappa shape index (κ3) is 3.36. The summed E-state index contributed by atoms with van der Waals surface area (Å²) >= 11 is 1.33. The van der Waals surface area contributed by atoms with Gasteiger partial charge in [-0.05, 0) is 11.4 Å². The molecule has 0 saturated carbocycles. The zero-order valence-corrected chi connectivity index (χ0v) is 15.1. The lowest BCUT2D eigenvalue weighted by molar-refractivity contribution is -0.677. The van der Waals surface area contributed by atoms with Gasteiger partial charge in [-0.3, -0.25) is 0 Å². The first kappa shape index (κ1) is 17.4. The maximum absolute atomic E-state index is 12.8. The van der Waals surface area contributed by atoms with Gasteiger partial charge in [0.1, 0.15) is 25.5 Å². The summed E-state index contributed by atoms with van der Waals surface area (Å²) in [4.78, 5) is 13.3. The molecule has 5 nitrogen and oxygen atoms in total. The van der Waals surface area contributed by atoms with Gasteiger partial charge in [0.2, 0.25) is 5.60 Å². The normalized spacial score (nSPS) is 13.4. The zero-order valence-electron chi connectivity index (χ0n) is 14.3. The number of carbonyl (C=O) groups is 1. The molecule has 2 aromatic heterocycles. The summed E-state index contributed by atoms with van der Waals surface area (Å²) in [5.41, 5.74) is -1.28. The monoisotopic (exact) mass is 357 g/mol. The number of benzene rings is 1. The van der Waals surface area contributed by atoms with E-state index in [0.717, 1.165) is 5.82 Å². The van der Waals surface area contributed by atoms with E-state index in [1.54, 1.807) is 30.3 Å². The highest BCUT2D eigenvalue weighted by atomic mass is 32.1. The molecule has 25 heavy (non-hydrogen) atoms. The van der Waals surface area contributed by atoms with Gasteiger partial charge in [-0.15, -0.1) is 11.3 Å². The number of carbonyl (C=O) groups excluding carboxylic acids is 1. The molecule has 1 N–H and O–H groups in total. The molecular formula is C19H21N2O3S+. The smallest absolute Gasteiger partial charge is 0.348 e. The minimum absolute atomic E-state index is 0.189. The van der Waals surface area contributed by atoms with Crippen LogP contribution in [0.1, 0.15) is 16.3 Å². The van der Waals surface area contributed by atoms with Crippen LogP contribution in [0.4, 0.5) is 0 Å². The summed E-state index contributed by atoms with van der Waals surface area (Å²) in [5, 5.41) is 13.0. The van der Waals surface area contributed by atoms with Gasteiger partial charge in [0.05, 0.1) is 11.9 Å². The second-order valence-corrected chi connectivity index (χ2v) is 6.79. The molecule has 0 aliphatic rings. The lowest BCUT2D eigenvalue weighted by atomic mass is 9.92. The topological polar surface area (TPSA) is 55.3 Å². The largest absolute Gasteiger partial charge is 0.459 e. The second-order valence-electron chi connectivity index (χ2n) is 5.84. The van der Waals surface area contributed by atoms with Gasteiger partial charge in [0, 0.05) is 12.5 Å². The number of hydrogen-bond donors (Lipinski definition) is 1. The number of aryl methyl sites for hydroxylation is 1. The fourth-order valence-electron chi connectivity index (χ4n) is 2.70. The molecular weight excluding hydrogens is 336 g/mol. The molecule has 3 rings (SSSR count). The van der Waals surface area contributed by atoms with Crippen molar-refractivity contribution in [3.8, 4) is 0 Å². The Hall–Kier alpha value is -2.44. The molecule has 0 spiro atoms. The fourth-order valence-corrected chi connectivity index (χ4v) is 3.53. The molecule has 0 saturated heterocycles. The third-order valence-electron chi connectivity index (χ3n) is 4.33. The molecule has 0 radical (unpaired) electrons. The Morgan fingerprint density at radius 2 is 2.04 bits per heavy atom. The van der Waals surface area contributed by atoms with Crippen LogP contribution in [0.2, 0.25) is 0 Å². The number of esters is 1. The van der Waals surface area contributed by atoms with Crippen molar-refractivity contribution in [1.29, 1.82) is 0 Å². The van der Waals surface area contributed by atoms with Crippen molar-refractivity contribution in [3.63, 3.8) is 0 Å². The molecule has 0 amide bonds. The molecule has 1 aromatic carbocycles. The second kappa shape index (κ2) is 7.21. The lowest BCUT2D eigenvalue weighted by Crippen LogP contribution is -2.38. The number of rotatable bonds is 6. The van der Waals surface area contributed by atoms with Gasteiger partial charge in [0.25, 0.3) is 5.82 Å². The first-order chi connectivity index (χ1) is 12.0. The van der Waals surface area contributed by atoms with E-state index < -0.39 is 11.6 Å². The first-order valence-corrected chi connectivity index (χ1v) is 8.92. The SMILES string of the molecule is Cc1n(CCOC(=O)C(O)(c2ccccc2)c2cccs2)cc[n+]1C. The van der Waals surface area contributed by atoms with Crippen molar-refractivity contribution in [1.82, 2.24) is 4.57 Å². The molecule has 1 atom stereocenters. The van der Waals surface area contributed by atoms with E-state index in [0.29, 0.717) is 17.0 Å². The van der Waals surface area contributed by atoms with Crippen LogP contribution >= 0.6 is 11.3 Å². The summed E-state index contributed by atoms with van der Waals surface area (Å²) in [7, 11) is 1.96. The Morgan fingerprint density at radius 3 is 2.64 bits per heavy atom. The van der Waals surface area contributed by atoms with Gasteiger partial charge in [-0.25, -0.2) is 13.9 Å². The number of aromatic nitrogens is 2. The summed E-state index contributed by atoms with van der Waals surface area (Å²) in [5.74, 6) is 0.406. The van der Waals surface area contributed by atoms with E-state index in [1.807, 2.05) is 53.0 Å². The zero-order chi connectivity index (χ0) is 17.9. The van der Waals surface area contributed by atoms with Crippen LogP contribution in [-0.2, 0) is 28.7 Å². The first-order valence-electron chi connectivity index (χ1n) is 8.04. The molecule has 0 aliphatic heterocycles. The van der Waals surface area contributed by atoms with Crippen LogP contribution in [0.3, 0.4) is 0 Å². The van der Waals surface area contributed by atoms with E-state index >= 15 is 0 Å². The minimum Gasteiger partial charge on any atom is -0.459 e. The summed E-state index contributed by atoms with van der Waals surface area (Å²) in [6.45, 7) is 2.72. The van der Waals surface area contributed by atoms with Gasteiger partial charge >= 0.3 is 5.97 Å². The Kier molecular flexibility index (Phi) is 5.01. The molecule has 130 valence electrons. The fraction of sp³-hybridized carbons (Fsp3) is 0.263. The maximum atomic E-state index is 12.8. The van der Waals surface area contributed by atoms with Crippen LogP contribution in [0.15, 0.2) is 60.2 Å². The molecule has 0 fully saturated rings. The highest BCUT2D eigenvalue weighted by Crippen LogP contribution is 2.34. The van der Waals surface area contributed by atoms with E-state index in [9.17, 15) is 9.90 Å². The molecule has 3 aromatic rings. The maximum Gasteiger partial charge on any atom is 0.348 e. The van der Waals surface area contributed by atoms with Crippen LogP contribution in [0.25, 0.3) is 0 Å². The molecule has 0 aliphatic carbocycles. The van der Waals surface area contributed by atoms with E-state index in [2.05, 4.69) is 0 Å². The van der Waals surface area contributed by atoms with Crippen LogP contribution in [0.5, 0.6) is 0 Å². The Labute approximate surface area is 150 Å². The number of imidazole rings is 1. The van der Waals surface area contributed by atoms with Crippen LogP contribution in [-0.4, -0.2) is 22.2 Å². The van der Waals surface area contributed by atoms with Crippen LogP contribution in [0, 0.1) is 6.92 Å². The average Bonchev–Trinajstić information content (AvgIpc) is 3.28. The highest BCUT2D eigenvalue weighted by molar-refractivity contribution is 7.10. The Morgan fingerprint density at radius 1 is 1.28 bits per heavy atom. The number of aliphatic hydroxyl groups is 1. The average molecular weight is 357 g/mol.